The summed E-state index contributed by atoms with van der Waals surface area (Å²) in [6, 6.07) is 11.4. The number of rotatable bonds is 5. The van der Waals surface area contributed by atoms with Crippen LogP contribution < -0.4 is 10.1 Å². The van der Waals surface area contributed by atoms with Crippen LogP contribution in [0.25, 0.3) is 5.82 Å². The van der Waals surface area contributed by atoms with Gasteiger partial charge in [-0.3, -0.25) is 0 Å². The lowest BCUT2D eigenvalue weighted by Gasteiger charge is -2.07. The van der Waals surface area contributed by atoms with Crippen molar-refractivity contribution in [3.05, 3.63) is 60.7 Å². The zero-order valence-corrected chi connectivity index (χ0v) is 11.6. The summed E-state index contributed by atoms with van der Waals surface area (Å²) in [4.78, 5) is 8.71. The van der Waals surface area contributed by atoms with Gasteiger partial charge in [0.25, 0.3) is 0 Å². The third-order valence-corrected chi connectivity index (χ3v) is 2.95. The van der Waals surface area contributed by atoms with Crippen molar-refractivity contribution < 1.29 is 4.74 Å². The van der Waals surface area contributed by atoms with Crippen LogP contribution in [-0.2, 0) is 6.54 Å². The number of anilines is 1. The first-order valence-corrected chi connectivity index (χ1v) is 6.55. The van der Waals surface area contributed by atoms with Gasteiger partial charge in [-0.25, -0.2) is 14.6 Å². The molecule has 0 saturated carbocycles. The molecule has 0 amide bonds. The molecule has 1 N–H and O–H groups in total. The van der Waals surface area contributed by atoms with Gasteiger partial charge in [-0.05, 0) is 24.3 Å². The molecule has 21 heavy (non-hydrogen) atoms. The van der Waals surface area contributed by atoms with Crippen LogP contribution >= 0.6 is 0 Å². The van der Waals surface area contributed by atoms with Crippen molar-refractivity contribution in [1.29, 1.82) is 0 Å². The molecule has 6 heteroatoms. The molecule has 0 unspecified atom stereocenters. The van der Waals surface area contributed by atoms with E-state index in [0.29, 0.717) is 12.4 Å². The number of hydrogen-bond donors (Lipinski definition) is 1. The van der Waals surface area contributed by atoms with Crippen molar-refractivity contribution in [3.8, 4) is 11.7 Å². The molecule has 0 radical (unpaired) electrons. The maximum Gasteiger partial charge on any atom is 0.213 e. The van der Waals surface area contributed by atoms with Gasteiger partial charge < -0.3 is 10.1 Å². The Morgan fingerprint density at radius 3 is 2.86 bits per heavy atom. The van der Waals surface area contributed by atoms with Crippen LogP contribution in [0.1, 0.15) is 5.69 Å². The van der Waals surface area contributed by atoms with E-state index in [1.54, 1.807) is 24.2 Å². The van der Waals surface area contributed by atoms with Crippen LogP contribution in [0.3, 0.4) is 0 Å². The van der Waals surface area contributed by atoms with E-state index in [2.05, 4.69) is 20.4 Å². The fourth-order valence-corrected chi connectivity index (χ4v) is 1.89. The average Bonchev–Trinajstić information content (AvgIpc) is 3.08. The van der Waals surface area contributed by atoms with E-state index in [9.17, 15) is 0 Å². The van der Waals surface area contributed by atoms with Gasteiger partial charge >= 0.3 is 0 Å². The minimum atomic E-state index is 0.611. The lowest BCUT2D eigenvalue weighted by molar-refractivity contribution is 0.396. The second-order valence-electron chi connectivity index (χ2n) is 4.38. The third kappa shape index (κ3) is 3.17. The number of nitrogens with zero attached hydrogens (tertiary/aromatic N) is 4. The van der Waals surface area contributed by atoms with Crippen LogP contribution in [0, 0.1) is 0 Å². The zero-order valence-electron chi connectivity index (χ0n) is 11.6. The fraction of sp³-hybridized carbons (Fsp3) is 0.133. The van der Waals surface area contributed by atoms with Gasteiger partial charge in [0, 0.05) is 18.5 Å². The highest BCUT2D eigenvalue weighted by Crippen LogP contribution is 2.11. The largest absolute Gasteiger partial charge is 0.481 e. The maximum absolute atomic E-state index is 5.10. The summed E-state index contributed by atoms with van der Waals surface area (Å²) in [7, 11) is 1.61. The summed E-state index contributed by atoms with van der Waals surface area (Å²) in [6.45, 7) is 0.611. The molecule has 3 aromatic rings. The number of pyridine rings is 2. The molecule has 106 valence electrons. The monoisotopic (exact) mass is 281 g/mol. The summed E-state index contributed by atoms with van der Waals surface area (Å²) in [5.41, 5.74) is 1.83. The molecule has 3 aromatic heterocycles. The topological polar surface area (TPSA) is 64.9 Å². The molecule has 3 heterocycles. The number of aromatic nitrogens is 4. The van der Waals surface area contributed by atoms with E-state index in [0.717, 1.165) is 17.2 Å². The first-order valence-electron chi connectivity index (χ1n) is 6.55. The van der Waals surface area contributed by atoms with Gasteiger partial charge in [0.1, 0.15) is 0 Å². The Labute approximate surface area is 122 Å². The highest BCUT2D eigenvalue weighted by Gasteiger charge is 2.00. The molecule has 3 rings (SSSR count). The van der Waals surface area contributed by atoms with Crippen LogP contribution in [0.15, 0.2) is 55.0 Å². The molecule has 0 fully saturated rings. The predicted molar refractivity (Wildman–Crippen MR) is 79.5 cm³/mol. The van der Waals surface area contributed by atoms with Crippen molar-refractivity contribution >= 4 is 5.69 Å². The van der Waals surface area contributed by atoms with Crippen molar-refractivity contribution in [2.75, 3.05) is 12.4 Å². The molecule has 0 aliphatic rings. The molecule has 6 nitrogen and oxygen atoms in total. The molecule has 0 bridgehead atoms. The molecule has 0 aromatic carbocycles. The van der Waals surface area contributed by atoms with Gasteiger partial charge in [0.05, 0.1) is 31.2 Å². The standard InChI is InChI=1S/C15H15N5O/c1-21-15-5-2-4-13(19-15)11-16-12-6-7-14(17-10-12)20-9-3-8-18-20/h2-10,16H,11H2,1H3. The Bertz CT molecular complexity index is 694. The van der Waals surface area contributed by atoms with Gasteiger partial charge in [-0.1, -0.05) is 6.07 Å². The first kappa shape index (κ1) is 13.1. The molecular formula is C15H15N5O. The second-order valence-corrected chi connectivity index (χ2v) is 4.38. The highest BCUT2D eigenvalue weighted by atomic mass is 16.5. The normalized spacial score (nSPS) is 10.3. The average molecular weight is 281 g/mol. The Kier molecular flexibility index (Phi) is 3.77. The summed E-state index contributed by atoms with van der Waals surface area (Å²) >= 11 is 0. The van der Waals surface area contributed by atoms with E-state index in [4.69, 9.17) is 4.74 Å². The molecule has 0 aliphatic carbocycles. The van der Waals surface area contributed by atoms with Crippen molar-refractivity contribution in [1.82, 2.24) is 19.7 Å². The van der Waals surface area contributed by atoms with Crippen LogP contribution in [0.2, 0.25) is 0 Å². The molecule has 0 spiro atoms. The first-order chi connectivity index (χ1) is 10.3. The summed E-state index contributed by atoms with van der Waals surface area (Å²) in [5.74, 6) is 1.39. The van der Waals surface area contributed by atoms with Crippen LogP contribution in [-0.4, -0.2) is 26.9 Å². The second kappa shape index (κ2) is 6.04. The van der Waals surface area contributed by atoms with Crippen molar-refractivity contribution in [2.24, 2.45) is 0 Å². The minimum absolute atomic E-state index is 0.611. The lowest BCUT2D eigenvalue weighted by atomic mass is 10.3. The number of hydrogen-bond acceptors (Lipinski definition) is 5. The molecule has 0 atom stereocenters. The Morgan fingerprint density at radius 1 is 1.19 bits per heavy atom. The van der Waals surface area contributed by atoms with Crippen molar-refractivity contribution in [2.45, 2.75) is 6.54 Å². The summed E-state index contributed by atoms with van der Waals surface area (Å²) < 4.78 is 6.82. The van der Waals surface area contributed by atoms with Gasteiger partial charge in [-0.15, -0.1) is 0 Å². The predicted octanol–water partition coefficient (Wildman–Crippen LogP) is 2.28. The zero-order chi connectivity index (χ0) is 14.5. The highest BCUT2D eigenvalue weighted by molar-refractivity contribution is 5.43. The molecular weight excluding hydrogens is 266 g/mol. The number of nitrogens with one attached hydrogen (secondary N) is 1. The van der Waals surface area contributed by atoms with Crippen molar-refractivity contribution in [3.63, 3.8) is 0 Å². The van der Waals surface area contributed by atoms with E-state index in [-0.39, 0.29) is 0 Å². The molecule has 0 saturated heterocycles. The van der Waals surface area contributed by atoms with E-state index >= 15 is 0 Å². The Hall–Kier alpha value is -2.89. The van der Waals surface area contributed by atoms with E-state index in [1.807, 2.05) is 42.6 Å². The quantitative estimate of drug-likeness (QED) is 0.777. The SMILES string of the molecule is COc1cccc(CNc2ccc(-n3cccn3)nc2)n1. The Balaban J connectivity index is 1.65. The fourth-order valence-electron chi connectivity index (χ4n) is 1.89. The minimum Gasteiger partial charge on any atom is -0.481 e. The van der Waals surface area contributed by atoms with Crippen LogP contribution in [0.5, 0.6) is 5.88 Å². The van der Waals surface area contributed by atoms with E-state index < -0.39 is 0 Å². The Morgan fingerprint density at radius 2 is 2.14 bits per heavy atom. The lowest BCUT2D eigenvalue weighted by Crippen LogP contribution is -2.04. The number of methoxy groups -OCH3 is 1. The van der Waals surface area contributed by atoms with Crippen LogP contribution in [0.4, 0.5) is 5.69 Å². The third-order valence-electron chi connectivity index (χ3n) is 2.95. The number of ether oxygens (including phenoxy) is 1. The van der Waals surface area contributed by atoms with Gasteiger partial charge in [0.15, 0.2) is 5.82 Å². The van der Waals surface area contributed by atoms with Gasteiger partial charge in [0.2, 0.25) is 5.88 Å². The smallest absolute Gasteiger partial charge is 0.213 e. The van der Waals surface area contributed by atoms with Gasteiger partial charge in [-0.2, -0.15) is 5.10 Å². The van der Waals surface area contributed by atoms with E-state index in [1.165, 1.54) is 0 Å². The maximum atomic E-state index is 5.10. The summed E-state index contributed by atoms with van der Waals surface area (Å²) in [5, 5.41) is 7.41. The summed E-state index contributed by atoms with van der Waals surface area (Å²) in [6.07, 6.45) is 5.36. The molecule has 0 aliphatic heterocycles.